The highest BCUT2D eigenvalue weighted by atomic mass is 79.9. The van der Waals surface area contributed by atoms with Gasteiger partial charge >= 0.3 is 6.16 Å². The molecule has 0 radical (unpaired) electrons. The number of hydroxylamine groups is 2. The first-order chi connectivity index (χ1) is 14.3. The molecule has 0 bridgehead atoms. The van der Waals surface area contributed by atoms with E-state index in [0.717, 1.165) is 0 Å². The van der Waals surface area contributed by atoms with Crippen molar-refractivity contribution in [1.82, 2.24) is 15.0 Å². The number of benzene rings is 1. The molecule has 30 heavy (non-hydrogen) atoms. The van der Waals surface area contributed by atoms with Gasteiger partial charge in [0.25, 0.3) is 0 Å². The molecule has 0 spiro atoms. The van der Waals surface area contributed by atoms with Gasteiger partial charge in [-0.05, 0) is 39.0 Å². The van der Waals surface area contributed by atoms with Crippen molar-refractivity contribution in [2.24, 2.45) is 0 Å². The molecule has 0 saturated carbocycles. The quantitative estimate of drug-likeness (QED) is 0.541. The molecule has 0 N–H and O–H groups in total. The molecule has 0 aliphatic carbocycles. The van der Waals surface area contributed by atoms with Crippen LogP contribution in [0.1, 0.15) is 32.3 Å². The summed E-state index contributed by atoms with van der Waals surface area (Å²) in [7, 11) is 0. The summed E-state index contributed by atoms with van der Waals surface area (Å²) in [5.41, 5.74) is 0.569. The van der Waals surface area contributed by atoms with Gasteiger partial charge in [-0.3, -0.25) is 0 Å². The van der Waals surface area contributed by atoms with Crippen LogP contribution in [0.5, 0.6) is 17.5 Å². The van der Waals surface area contributed by atoms with Gasteiger partial charge in [0.05, 0.1) is 11.7 Å². The zero-order chi connectivity index (χ0) is 21.7. The van der Waals surface area contributed by atoms with Gasteiger partial charge in [-0.2, -0.15) is 0 Å². The molecule has 162 valence electrons. The van der Waals surface area contributed by atoms with E-state index in [9.17, 15) is 9.18 Å². The Labute approximate surface area is 182 Å². The lowest BCUT2D eigenvalue weighted by molar-refractivity contribution is -0.151. The van der Waals surface area contributed by atoms with Crippen LogP contribution in [0.4, 0.5) is 9.18 Å². The number of nitrogens with zero attached hydrogens (tertiary/aromatic N) is 3. The minimum absolute atomic E-state index is 0.0599. The lowest BCUT2D eigenvalue weighted by atomic mass is 10.1. The summed E-state index contributed by atoms with van der Waals surface area (Å²) in [6.07, 6.45) is 1.52. The van der Waals surface area contributed by atoms with Gasteiger partial charge in [-0.25, -0.2) is 19.2 Å². The maximum atomic E-state index is 14.1. The Morgan fingerprint density at radius 2 is 1.93 bits per heavy atom. The van der Waals surface area contributed by atoms with E-state index in [1.807, 2.05) is 0 Å². The predicted octanol–water partition coefficient (Wildman–Crippen LogP) is 4.80. The molecule has 10 heteroatoms. The fourth-order valence-electron chi connectivity index (χ4n) is 2.82. The molecular weight excluding hydrogens is 461 g/mol. The highest BCUT2D eigenvalue weighted by Gasteiger charge is 2.25. The normalized spacial score (nSPS) is 15.1. The van der Waals surface area contributed by atoms with Crippen molar-refractivity contribution in [2.45, 2.75) is 45.8 Å². The molecule has 2 aromatic rings. The third-order valence-corrected chi connectivity index (χ3v) is 4.80. The predicted molar refractivity (Wildman–Crippen MR) is 109 cm³/mol. The Bertz CT molecular complexity index is 891. The topological polar surface area (TPSA) is 83.0 Å². The van der Waals surface area contributed by atoms with Crippen LogP contribution in [0.15, 0.2) is 29.0 Å². The molecule has 1 aliphatic heterocycles. The number of hydrogen-bond donors (Lipinski definition) is 0. The number of carbonyl (C=O) groups is 1. The maximum absolute atomic E-state index is 14.1. The molecule has 3 rings (SSSR count). The monoisotopic (exact) mass is 483 g/mol. The Kier molecular flexibility index (Phi) is 7.43. The van der Waals surface area contributed by atoms with Crippen LogP contribution in [0, 0.1) is 12.7 Å². The molecule has 2 heterocycles. The van der Waals surface area contributed by atoms with Gasteiger partial charge in [0.2, 0.25) is 11.8 Å². The Morgan fingerprint density at radius 3 is 2.60 bits per heavy atom. The molecule has 1 fully saturated rings. The molecule has 0 amide bonds. The van der Waals surface area contributed by atoms with Gasteiger partial charge < -0.3 is 19.0 Å². The van der Waals surface area contributed by atoms with Crippen LogP contribution in [-0.4, -0.2) is 46.5 Å². The number of halogens is 2. The number of piperidine rings is 1. The van der Waals surface area contributed by atoms with Crippen LogP contribution < -0.4 is 9.47 Å². The first kappa shape index (κ1) is 22.2. The molecule has 8 nitrogen and oxygen atoms in total. The number of ether oxygens (including phenoxy) is 3. The molecule has 0 unspecified atom stereocenters. The first-order valence-electron chi connectivity index (χ1n) is 9.56. The fourth-order valence-corrected chi connectivity index (χ4v) is 3.15. The number of rotatable bonds is 6. The van der Waals surface area contributed by atoms with Crippen LogP contribution in [0.3, 0.4) is 0 Å². The molecule has 0 atom stereocenters. The average Bonchev–Trinajstić information content (AvgIpc) is 2.68. The summed E-state index contributed by atoms with van der Waals surface area (Å²) in [6, 6.07) is 4.51. The Hall–Kier alpha value is -2.46. The lowest BCUT2D eigenvalue weighted by Gasteiger charge is -2.30. The zero-order valence-electron chi connectivity index (χ0n) is 16.9. The van der Waals surface area contributed by atoms with Gasteiger partial charge in [-0.15, -0.1) is 5.06 Å². The summed E-state index contributed by atoms with van der Waals surface area (Å²) in [4.78, 5) is 25.0. The van der Waals surface area contributed by atoms with E-state index in [0.29, 0.717) is 41.8 Å². The molecule has 1 saturated heterocycles. The van der Waals surface area contributed by atoms with Crippen molar-refractivity contribution in [3.8, 4) is 17.5 Å². The van der Waals surface area contributed by atoms with Crippen LogP contribution in [0.2, 0.25) is 0 Å². The second-order valence-electron chi connectivity index (χ2n) is 7.04. The minimum atomic E-state index is -0.710. The van der Waals surface area contributed by atoms with Crippen molar-refractivity contribution in [3.63, 3.8) is 0 Å². The van der Waals surface area contributed by atoms with E-state index >= 15 is 0 Å². The van der Waals surface area contributed by atoms with Gasteiger partial charge in [0.1, 0.15) is 12.4 Å². The summed E-state index contributed by atoms with van der Waals surface area (Å²) in [6.45, 7) is 6.29. The number of hydrogen-bond acceptors (Lipinski definition) is 8. The van der Waals surface area contributed by atoms with Crippen molar-refractivity contribution in [3.05, 3.63) is 40.4 Å². The van der Waals surface area contributed by atoms with Crippen LogP contribution in [-0.2, 0) is 9.57 Å². The minimum Gasteiger partial charge on any atom is -0.474 e. The van der Waals surface area contributed by atoms with Gasteiger partial charge in [0, 0.05) is 30.4 Å². The smallest absolute Gasteiger partial charge is 0.474 e. The van der Waals surface area contributed by atoms with Gasteiger partial charge in [0.15, 0.2) is 11.6 Å². The summed E-state index contributed by atoms with van der Waals surface area (Å²) < 4.78 is 31.3. The average molecular weight is 484 g/mol. The molecule has 1 aromatic heterocycles. The van der Waals surface area contributed by atoms with Crippen LogP contribution >= 0.6 is 15.9 Å². The van der Waals surface area contributed by atoms with E-state index in [2.05, 4.69) is 25.9 Å². The first-order valence-corrected chi connectivity index (χ1v) is 10.4. The summed E-state index contributed by atoms with van der Waals surface area (Å²) in [5, 5.41) is 1.56. The number of aromatic nitrogens is 2. The highest BCUT2D eigenvalue weighted by Crippen LogP contribution is 2.31. The SMILES string of the molecule is Cc1c(Oc2ccc(Br)cc2F)ncnc1OC1CCN(OC(=O)OC(C)C)CC1. The van der Waals surface area contributed by atoms with Crippen molar-refractivity contribution >= 4 is 22.1 Å². The van der Waals surface area contributed by atoms with Crippen LogP contribution in [0.25, 0.3) is 0 Å². The summed E-state index contributed by atoms with van der Waals surface area (Å²) >= 11 is 3.21. The lowest BCUT2D eigenvalue weighted by Crippen LogP contribution is -2.40. The largest absolute Gasteiger partial charge is 0.528 e. The van der Waals surface area contributed by atoms with Crippen molar-refractivity contribution < 1.29 is 28.2 Å². The highest BCUT2D eigenvalue weighted by molar-refractivity contribution is 9.10. The van der Waals surface area contributed by atoms with Crippen molar-refractivity contribution in [2.75, 3.05) is 13.1 Å². The standard InChI is InChI=1S/C20H23BrFN3O5/c1-12(2)27-20(26)30-25-8-6-15(7-9-25)28-18-13(3)19(24-11-23-18)29-17-5-4-14(21)10-16(17)22/h4-5,10-12,15H,6-9H2,1-3H3. The van der Waals surface area contributed by atoms with Crippen molar-refractivity contribution in [1.29, 1.82) is 0 Å². The van der Waals surface area contributed by atoms with Gasteiger partial charge in [-0.1, -0.05) is 15.9 Å². The molecule has 1 aliphatic rings. The number of carbonyl (C=O) groups excluding carboxylic acids is 1. The second kappa shape index (κ2) is 10.0. The third kappa shape index (κ3) is 6.02. The van der Waals surface area contributed by atoms with E-state index < -0.39 is 12.0 Å². The van der Waals surface area contributed by atoms with E-state index in [1.54, 1.807) is 31.9 Å². The molecular formula is C20H23BrFN3O5. The fraction of sp³-hybridized carbons (Fsp3) is 0.450. The van der Waals surface area contributed by atoms with E-state index in [4.69, 9.17) is 19.0 Å². The molecule has 1 aromatic carbocycles. The Morgan fingerprint density at radius 1 is 1.23 bits per heavy atom. The second-order valence-corrected chi connectivity index (χ2v) is 7.96. The Balaban J connectivity index is 1.58. The third-order valence-electron chi connectivity index (χ3n) is 4.31. The van der Waals surface area contributed by atoms with E-state index in [-0.39, 0.29) is 23.8 Å². The zero-order valence-corrected chi connectivity index (χ0v) is 18.5. The van der Waals surface area contributed by atoms with E-state index in [1.165, 1.54) is 18.5 Å². The summed E-state index contributed by atoms with van der Waals surface area (Å²) in [5.74, 6) is 0.146. The maximum Gasteiger partial charge on any atom is 0.528 e.